The predicted octanol–water partition coefficient (Wildman–Crippen LogP) is 3.13. The molecule has 0 radical (unpaired) electrons. The molecule has 0 aliphatic rings. The van der Waals surface area contributed by atoms with Gasteiger partial charge < -0.3 is 20.4 Å². The van der Waals surface area contributed by atoms with E-state index in [0.717, 1.165) is 22.9 Å². The number of methoxy groups -OCH3 is 1. The lowest BCUT2D eigenvalue weighted by Crippen LogP contribution is -2.19. The summed E-state index contributed by atoms with van der Waals surface area (Å²) < 4.78 is 4.71. The van der Waals surface area contributed by atoms with Crippen molar-refractivity contribution in [2.45, 2.75) is 6.42 Å². The number of esters is 1. The van der Waals surface area contributed by atoms with Crippen molar-refractivity contribution < 1.29 is 14.3 Å². The first kappa shape index (κ1) is 19.7. The molecule has 0 bridgehead atoms. The van der Waals surface area contributed by atoms with Gasteiger partial charge in [-0.15, -0.1) is 0 Å². The zero-order valence-corrected chi connectivity index (χ0v) is 15.9. The van der Waals surface area contributed by atoms with Gasteiger partial charge in [-0.05, 0) is 30.2 Å². The zero-order chi connectivity index (χ0) is 20.6. The number of H-pyrrole nitrogens is 1. The second-order valence-electron chi connectivity index (χ2n) is 6.22. The van der Waals surface area contributed by atoms with Gasteiger partial charge in [0.2, 0.25) is 0 Å². The van der Waals surface area contributed by atoms with E-state index in [1.807, 2.05) is 36.5 Å². The first-order chi connectivity index (χ1) is 14.1. The van der Waals surface area contributed by atoms with Crippen LogP contribution in [0.3, 0.4) is 0 Å². The molecule has 3 rings (SSSR count). The fourth-order valence-corrected chi connectivity index (χ4v) is 2.94. The summed E-state index contributed by atoms with van der Waals surface area (Å²) in [6, 6.07) is 16.3. The average Bonchev–Trinajstić information content (AvgIpc) is 3.16. The summed E-state index contributed by atoms with van der Waals surface area (Å²) in [7, 11) is 1.26. The van der Waals surface area contributed by atoms with Crippen LogP contribution >= 0.6 is 0 Å². The van der Waals surface area contributed by atoms with Crippen LogP contribution in [0.25, 0.3) is 10.9 Å². The normalized spacial score (nSPS) is 11.0. The number of aromatic amines is 1. The SMILES string of the molecule is COC(=O)c1ccccc1NC(=O)/C(C#N)=C\NCCc1c[nH]c2ccccc12. The van der Waals surface area contributed by atoms with E-state index in [1.54, 1.807) is 18.2 Å². The van der Waals surface area contributed by atoms with E-state index in [4.69, 9.17) is 4.74 Å². The van der Waals surface area contributed by atoms with E-state index in [2.05, 4.69) is 15.6 Å². The molecule has 29 heavy (non-hydrogen) atoms. The third kappa shape index (κ3) is 4.62. The summed E-state index contributed by atoms with van der Waals surface area (Å²) >= 11 is 0. The van der Waals surface area contributed by atoms with Crippen LogP contribution in [0.5, 0.6) is 0 Å². The molecule has 0 atom stereocenters. The molecular formula is C22H20N4O3. The standard InChI is InChI=1S/C22H20N4O3/c1-29-22(28)18-7-3-5-9-20(18)26-21(27)16(12-23)13-24-11-10-15-14-25-19-8-4-2-6-17(15)19/h2-9,13-14,24-25H,10-11H2,1H3,(H,26,27)/b16-13-. The Kier molecular flexibility index (Phi) is 6.28. The molecule has 1 heterocycles. The molecule has 3 aromatic rings. The summed E-state index contributed by atoms with van der Waals surface area (Å²) in [6.07, 6.45) is 4.06. The Morgan fingerprint density at radius 3 is 2.72 bits per heavy atom. The number of rotatable bonds is 7. The highest BCUT2D eigenvalue weighted by atomic mass is 16.5. The molecule has 2 aromatic carbocycles. The number of hydrogen-bond acceptors (Lipinski definition) is 5. The maximum Gasteiger partial charge on any atom is 0.339 e. The Morgan fingerprint density at radius 1 is 1.17 bits per heavy atom. The van der Waals surface area contributed by atoms with Gasteiger partial charge in [-0.1, -0.05) is 30.3 Å². The Bertz CT molecular complexity index is 1110. The van der Waals surface area contributed by atoms with E-state index in [1.165, 1.54) is 19.4 Å². The average molecular weight is 388 g/mol. The van der Waals surface area contributed by atoms with Gasteiger partial charge >= 0.3 is 5.97 Å². The number of ether oxygens (including phenoxy) is 1. The Labute approximate surface area is 168 Å². The van der Waals surface area contributed by atoms with E-state index in [-0.39, 0.29) is 16.8 Å². The third-order valence-electron chi connectivity index (χ3n) is 4.41. The maximum absolute atomic E-state index is 12.4. The van der Waals surface area contributed by atoms with Gasteiger partial charge in [0, 0.05) is 29.8 Å². The molecule has 0 saturated heterocycles. The summed E-state index contributed by atoms with van der Waals surface area (Å²) in [5, 5.41) is 16.0. The number of aromatic nitrogens is 1. The minimum Gasteiger partial charge on any atom is -0.465 e. The second-order valence-corrected chi connectivity index (χ2v) is 6.22. The number of carbonyl (C=O) groups excluding carboxylic acids is 2. The van der Waals surface area contributed by atoms with E-state index in [9.17, 15) is 14.9 Å². The lowest BCUT2D eigenvalue weighted by Gasteiger charge is -2.09. The highest BCUT2D eigenvalue weighted by Crippen LogP contribution is 2.18. The molecule has 7 heteroatoms. The largest absolute Gasteiger partial charge is 0.465 e. The van der Waals surface area contributed by atoms with Crippen LogP contribution in [-0.2, 0) is 16.0 Å². The van der Waals surface area contributed by atoms with Crippen molar-refractivity contribution in [2.75, 3.05) is 19.0 Å². The molecule has 0 aliphatic carbocycles. The van der Waals surface area contributed by atoms with Crippen molar-refractivity contribution in [1.82, 2.24) is 10.3 Å². The van der Waals surface area contributed by atoms with Crippen molar-refractivity contribution in [3.05, 3.63) is 77.6 Å². The number of anilines is 1. The van der Waals surface area contributed by atoms with Crippen LogP contribution < -0.4 is 10.6 Å². The van der Waals surface area contributed by atoms with Crippen LogP contribution in [-0.4, -0.2) is 30.5 Å². The molecule has 0 spiro atoms. The van der Waals surface area contributed by atoms with Gasteiger partial charge in [0.25, 0.3) is 5.91 Å². The number of nitriles is 1. The fraction of sp³-hybridized carbons (Fsp3) is 0.136. The Hall–Kier alpha value is -4.05. The number of hydrogen-bond donors (Lipinski definition) is 3. The van der Waals surface area contributed by atoms with Crippen LogP contribution in [0.4, 0.5) is 5.69 Å². The summed E-state index contributed by atoms with van der Waals surface area (Å²) in [4.78, 5) is 27.4. The number of carbonyl (C=O) groups is 2. The molecular weight excluding hydrogens is 368 g/mol. The van der Waals surface area contributed by atoms with Gasteiger partial charge in [-0.2, -0.15) is 5.26 Å². The molecule has 3 N–H and O–H groups in total. The highest BCUT2D eigenvalue weighted by Gasteiger charge is 2.15. The first-order valence-electron chi connectivity index (χ1n) is 9.01. The number of nitrogens with one attached hydrogen (secondary N) is 3. The van der Waals surface area contributed by atoms with Crippen LogP contribution in [0.2, 0.25) is 0 Å². The summed E-state index contributed by atoms with van der Waals surface area (Å²) in [5.74, 6) is -1.18. The van der Waals surface area contributed by atoms with Crippen molar-refractivity contribution >= 4 is 28.5 Å². The topological polar surface area (TPSA) is 107 Å². The maximum atomic E-state index is 12.4. The lowest BCUT2D eigenvalue weighted by atomic mass is 10.1. The first-order valence-corrected chi connectivity index (χ1v) is 9.01. The number of para-hydroxylation sites is 2. The van der Waals surface area contributed by atoms with E-state index < -0.39 is 11.9 Å². The van der Waals surface area contributed by atoms with Gasteiger partial charge in [0.1, 0.15) is 11.6 Å². The quantitative estimate of drug-likeness (QED) is 0.249. The van der Waals surface area contributed by atoms with Gasteiger partial charge in [0.15, 0.2) is 0 Å². The molecule has 0 fully saturated rings. The van der Waals surface area contributed by atoms with Crippen molar-refractivity contribution in [2.24, 2.45) is 0 Å². The number of nitrogens with zero attached hydrogens (tertiary/aromatic N) is 1. The monoisotopic (exact) mass is 388 g/mol. The Balaban J connectivity index is 1.62. The second kappa shape index (κ2) is 9.24. The molecule has 7 nitrogen and oxygen atoms in total. The van der Waals surface area contributed by atoms with E-state index >= 15 is 0 Å². The van der Waals surface area contributed by atoms with Crippen LogP contribution in [0, 0.1) is 11.3 Å². The highest BCUT2D eigenvalue weighted by molar-refractivity contribution is 6.09. The van der Waals surface area contributed by atoms with Gasteiger partial charge in [-0.25, -0.2) is 4.79 Å². The van der Waals surface area contributed by atoms with Crippen molar-refractivity contribution in [3.8, 4) is 6.07 Å². The van der Waals surface area contributed by atoms with Crippen LogP contribution in [0.15, 0.2) is 66.5 Å². The third-order valence-corrected chi connectivity index (χ3v) is 4.41. The fourth-order valence-electron chi connectivity index (χ4n) is 2.94. The molecule has 0 unspecified atom stereocenters. The minimum atomic E-state index is -0.608. The molecule has 1 aromatic heterocycles. The molecule has 1 amide bonds. The molecule has 0 aliphatic heterocycles. The number of fused-ring (bicyclic) bond motifs is 1. The minimum absolute atomic E-state index is 0.0939. The van der Waals surface area contributed by atoms with E-state index in [0.29, 0.717) is 6.54 Å². The lowest BCUT2D eigenvalue weighted by molar-refractivity contribution is -0.112. The smallest absolute Gasteiger partial charge is 0.339 e. The zero-order valence-electron chi connectivity index (χ0n) is 15.9. The number of amides is 1. The van der Waals surface area contributed by atoms with Crippen LogP contribution in [0.1, 0.15) is 15.9 Å². The predicted molar refractivity (Wildman–Crippen MR) is 110 cm³/mol. The summed E-state index contributed by atoms with van der Waals surface area (Å²) in [5.41, 5.74) is 2.62. The molecule has 146 valence electrons. The molecule has 0 saturated carbocycles. The van der Waals surface area contributed by atoms with Gasteiger partial charge in [0.05, 0.1) is 18.4 Å². The Morgan fingerprint density at radius 2 is 1.93 bits per heavy atom. The van der Waals surface area contributed by atoms with Crippen molar-refractivity contribution in [3.63, 3.8) is 0 Å². The van der Waals surface area contributed by atoms with Gasteiger partial charge in [-0.3, -0.25) is 4.79 Å². The summed E-state index contributed by atoms with van der Waals surface area (Å²) in [6.45, 7) is 0.555. The van der Waals surface area contributed by atoms with Crippen molar-refractivity contribution in [1.29, 1.82) is 5.26 Å². The number of benzene rings is 2.